The highest BCUT2D eigenvalue weighted by Crippen LogP contribution is 2.24. The number of hydrogen-bond acceptors (Lipinski definition) is 5. The molecule has 2 aromatic heterocycles. The Kier molecular flexibility index (Phi) is 4.11. The molecule has 104 valence electrons. The molecule has 6 heteroatoms. The summed E-state index contributed by atoms with van der Waals surface area (Å²) in [7, 11) is 6.78. The van der Waals surface area contributed by atoms with Gasteiger partial charge in [0, 0.05) is 38.0 Å². The zero-order chi connectivity index (χ0) is 14.5. The molecule has 0 aromatic carbocycles. The number of methoxy groups -OCH3 is 2. The fraction of sp³-hybridized carbons (Fsp3) is 0.286. The summed E-state index contributed by atoms with van der Waals surface area (Å²) in [5.74, 6) is 7.85. The van der Waals surface area contributed by atoms with Gasteiger partial charge in [0.2, 0.25) is 0 Å². The fourth-order valence-electron chi connectivity index (χ4n) is 1.64. The molecule has 0 fully saturated rings. The van der Waals surface area contributed by atoms with Gasteiger partial charge in [-0.25, -0.2) is 4.98 Å². The monoisotopic (exact) mass is 272 g/mol. The molecule has 0 bridgehead atoms. The molecule has 2 rings (SSSR count). The molecule has 0 atom stereocenters. The van der Waals surface area contributed by atoms with E-state index in [-0.39, 0.29) is 0 Å². The van der Waals surface area contributed by atoms with Gasteiger partial charge in [0.05, 0.1) is 14.2 Å². The number of aryl methyl sites for hydroxylation is 1. The van der Waals surface area contributed by atoms with E-state index in [1.165, 1.54) is 0 Å². The van der Waals surface area contributed by atoms with Crippen molar-refractivity contribution in [3.8, 4) is 23.5 Å². The molecule has 2 heterocycles. The molecule has 0 radical (unpaired) electrons. The molecule has 2 aromatic rings. The van der Waals surface area contributed by atoms with Crippen molar-refractivity contribution < 1.29 is 9.47 Å². The first kappa shape index (κ1) is 13.7. The first-order chi connectivity index (χ1) is 9.67. The van der Waals surface area contributed by atoms with Crippen molar-refractivity contribution in [3.05, 3.63) is 29.6 Å². The van der Waals surface area contributed by atoms with Crippen molar-refractivity contribution in [2.75, 3.05) is 26.6 Å². The Bertz CT molecular complexity index is 668. The summed E-state index contributed by atoms with van der Waals surface area (Å²) in [6.45, 7) is 0. The van der Waals surface area contributed by atoms with Crippen molar-refractivity contribution in [2.24, 2.45) is 7.05 Å². The Labute approximate surface area is 117 Å². The predicted molar refractivity (Wildman–Crippen MR) is 76.1 cm³/mol. The lowest BCUT2D eigenvalue weighted by atomic mass is 10.2. The number of nitrogens with one attached hydrogen (secondary N) is 1. The first-order valence-electron chi connectivity index (χ1n) is 5.99. The Balaban J connectivity index is 2.30. The van der Waals surface area contributed by atoms with E-state index in [4.69, 9.17) is 9.47 Å². The molecular formula is C14H16N4O2. The van der Waals surface area contributed by atoms with Crippen molar-refractivity contribution >= 4 is 5.82 Å². The maximum absolute atomic E-state index is 5.19. The second-order valence-electron chi connectivity index (χ2n) is 3.97. The van der Waals surface area contributed by atoms with Crippen LogP contribution in [0.2, 0.25) is 0 Å². The third-order valence-corrected chi connectivity index (χ3v) is 2.70. The molecule has 0 aliphatic heterocycles. The molecular weight excluding hydrogens is 256 g/mol. The highest BCUT2D eigenvalue weighted by atomic mass is 16.5. The SMILES string of the molecule is CNc1cc(C#Cc2cnc(OC)c(OC)c2)n(C)n1. The van der Waals surface area contributed by atoms with Gasteiger partial charge in [-0.2, -0.15) is 5.10 Å². The van der Waals surface area contributed by atoms with Gasteiger partial charge in [-0.05, 0) is 5.92 Å². The van der Waals surface area contributed by atoms with Crippen LogP contribution in [0.3, 0.4) is 0 Å². The second-order valence-corrected chi connectivity index (χ2v) is 3.97. The number of hydrogen-bond donors (Lipinski definition) is 1. The van der Waals surface area contributed by atoms with Gasteiger partial charge in [-0.15, -0.1) is 0 Å². The molecule has 0 aliphatic carbocycles. The van der Waals surface area contributed by atoms with E-state index in [9.17, 15) is 0 Å². The van der Waals surface area contributed by atoms with Crippen molar-refractivity contribution in [2.45, 2.75) is 0 Å². The normalized spacial score (nSPS) is 9.60. The van der Waals surface area contributed by atoms with Crippen LogP contribution in [0, 0.1) is 11.8 Å². The summed E-state index contributed by atoms with van der Waals surface area (Å²) in [6.07, 6.45) is 1.64. The van der Waals surface area contributed by atoms with E-state index < -0.39 is 0 Å². The lowest BCUT2D eigenvalue weighted by Gasteiger charge is -2.05. The number of pyridine rings is 1. The Morgan fingerprint density at radius 2 is 2.00 bits per heavy atom. The summed E-state index contributed by atoms with van der Waals surface area (Å²) in [5.41, 5.74) is 1.55. The van der Waals surface area contributed by atoms with Crippen LogP contribution in [0.4, 0.5) is 5.82 Å². The van der Waals surface area contributed by atoms with E-state index >= 15 is 0 Å². The Hall–Kier alpha value is -2.68. The highest BCUT2D eigenvalue weighted by Gasteiger charge is 2.05. The average molecular weight is 272 g/mol. The van der Waals surface area contributed by atoms with Crippen LogP contribution >= 0.6 is 0 Å². The topological polar surface area (TPSA) is 61.2 Å². The van der Waals surface area contributed by atoms with Crippen molar-refractivity contribution in [1.29, 1.82) is 0 Å². The lowest BCUT2D eigenvalue weighted by molar-refractivity contribution is 0.343. The Morgan fingerprint density at radius 3 is 2.60 bits per heavy atom. The molecule has 1 N–H and O–H groups in total. The van der Waals surface area contributed by atoms with Crippen LogP contribution in [-0.2, 0) is 7.05 Å². The number of nitrogens with zero attached hydrogens (tertiary/aromatic N) is 3. The van der Waals surface area contributed by atoms with E-state index in [0.717, 1.165) is 17.1 Å². The van der Waals surface area contributed by atoms with E-state index in [0.29, 0.717) is 11.6 Å². The van der Waals surface area contributed by atoms with Crippen LogP contribution in [0.1, 0.15) is 11.3 Å². The molecule has 0 aliphatic rings. The Morgan fingerprint density at radius 1 is 1.20 bits per heavy atom. The van der Waals surface area contributed by atoms with Gasteiger partial charge < -0.3 is 14.8 Å². The van der Waals surface area contributed by atoms with Crippen LogP contribution in [0.15, 0.2) is 18.3 Å². The summed E-state index contributed by atoms with van der Waals surface area (Å²) < 4.78 is 12.0. The highest BCUT2D eigenvalue weighted by molar-refractivity contribution is 5.48. The van der Waals surface area contributed by atoms with Crippen molar-refractivity contribution in [3.63, 3.8) is 0 Å². The minimum Gasteiger partial charge on any atom is -0.491 e. The van der Waals surface area contributed by atoms with E-state index in [1.54, 1.807) is 31.2 Å². The summed E-state index contributed by atoms with van der Waals surface area (Å²) in [4.78, 5) is 4.14. The molecule has 6 nitrogen and oxygen atoms in total. The van der Waals surface area contributed by atoms with Gasteiger partial charge in [-0.3, -0.25) is 4.68 Å². The molecule has 0 saturated heterocycles. The second kappa shape index (κ2) is 5.97. The molecule has 0 amide bonds. The standard InChI is InChI=1S/C14H16N4O2/c1-15-13-8-11(18(2)17-13)6-5-10-7-12(19-3)14(20-4)16-9-10/h7-9H,1-4H3,(H,15,17). The summed E-state index contributed by atoms with van der Waals surface area (Å²) in [5, 5.41) is 7.22. The van der Waals surface area contributed by atoms with Crippen LogP contribution in [0.5, 0.6) is 11.6 Å². The van der Waals surface area contributed by atoms with Crippen LogP contribution in [0.25, 0.3) is 0 Å². The molecule has 0 saturated carbocycles. The van der Waals surface area contributed by atoms with Gasteiger partial charge in [0.15, 0.2) is 5.75 Å². The third-order valence-electron chi connectivity index (χ3n) is 2.70. The van der Waals surface area contributed by atoms with Gasteiger partial charge in [0.25, 0.3) is 5.88 Å². The predicted octanol–water partition coefficient (Wildman–Crippen LogP) is 1.27. The minimum absolute atomic E-state index is 0.441. The maximum Gasteiger partial charge on any atom is 0.256 e. The van der Waals surface area contributed by atoms with Gasteiger partial charge in [-0.1, -0.05) is 5.92 Å². The smallest absolute Gasteiger partial charge is 0.256 e. The lowest BCUT2D eigenvalue weighted by Crippen LogP contribution is -1.95. The maximum atomic E-state index is 5.19. The zero-order valence-electron chi connectivity index (χ0n) is 11.9. The van der Waals surface area contributed by atoms with Gasteiger partial charge in [0.1, 0.15) is 11.5 Å². The minimum atomic E-state index is 0.441. The summed E-state index contributed by atoms with van der Waals surface area (Å²) >= 11 is 0. The summed E-state index contributed by atoms with van der Waals surface area (Å²) in [6, 6.07) is 3.66. The number of ether oxygens (including phenoxy) is 2. The van der Waals surface area contributed by atoms with Gasteiger partial charge >= 0.3 is 0 Å². The molecule has 0 unspecified atom stereocenters. The fourth-order valence-corrected chi connectivity index (χ4v) is 1.64. The number of aromatic nitrogens is 3. The first-order valence-corrected chi connectivity index (χ1v) is 5.99. The zero-order valence-corrected chi connectivity index (χ0v) is 11.9. The number of anilines is 1. The molecule has 20 heavy (non-hydrogen) atoms. The molecule has 0 spiro atoms. The van der Waals surface area contributed by atoms with E-state index in [2.05, 4.69) is 27.2 Å². The number of rotatable bonds is 3. The third kappa shape index (κ3) is 2.83. The average Bonchev–Trinajstić information content (AvgIpc) is 2.85. The quantitative estimate of drug-likeness (QED) is 0.853. The van der Waals surface area contributed by atoms with Crippen LogP contribution in [-0.4, -0.2) is 36.0 Å². The largest absolute Gasteiger partial charge is 0.491 e. The van der Waals surface area contributed by atoms with Crippen molar-refractivity contribution in [1.82, 2.24) is 14.8 Å². The van der Waals surface area contributed by atoms with Crippen LogP contribution < -0.4 is 14.8 Å². The van der Waals surface area contributed by atoms with E-state index in [1.807, 2.05) is 20.2 Å².